The first-order valence-corrected chi connectivity index (χ1v) is 6.31. The maximum absolute atomic E-state index is 11.5. The van der Waals surface area contributed by atoms with E-state index in [2.05, 4.69) is 11.9 Å². The van der Waals surface area contributed by atoms with Crippen LogP contribution in [0.1, 0.15) is 40.9 Å². The molecule has 92 valence electrons. The Morgan fingerprint density at radius 2 is 2.28 bits per heavy atom. The van der Waals surface area contributed by atoms with E-state index in [1.807, 2.05) is 0 Å². The third-order valence-electron chi connectivity index (χ3n) is 3.59. The summed E-state index contributed by atoms with van der Waals surface area (Å²) in [7, 11) is 0. The van der Waals surface area contributed by atoms with E-state index in [1.54, 1.807) is 18.2 Å². The van der Waals surface area contributed by atoms with Crippen molar-refractivity contribution in [2.75, 3.05) is 0 Å². The lowest BCUT2D eigenvalue weighted by atomic mass is 10.0. The first kappa shape index (κ1) is 11.5. The second-order valence-corrected chi connectivity index (χ2v) is 5.19. The van der Waals surface area contributed by atoms with Gasteiger partial charge in [0.15, 0.2) is 0 Å². The van der Waals surface area contributed by atoms with Crippen molar-refractivity contribution in [2.24, 2.45) is 0 Å². The molecule has 0 radical (unpaired) electrons. The Balaban J connectivity index is 2.44. The SMILES string of the molecule is CC1CCc2c1nc1ccc(Cl)cc1c2C(=O)O. The largest absolute Gasteiger partial charge is 0.478 e. The van der Waals surface area contributed by atoms with E-state index in [0.717, 1.165) is 24.1 Å². The summed E-state index contributed by atoms with van der Waals surface area (Å²) >= 11 is 5.95. The average molecular weight is 262 g/mol. The van der Waals surface area contributed by atoms with Gasteiger partial charge in [0.05, 0.1) is 11.1 Å². The van der Waals surface area contributed by atoms with Gasteiger partial charge in [-0.05, 0) is 42.5 Å². The van der Waals surface area contributed by atoms with Crippen LogP contribution in [0.2, 0.25) is 5.02 Å². The second kappa shape index (κ2) is 3.95. The number of aromatic nitrogens is 1. The molecule has 0 spiro atoms. The van der Waals surface area contributed by atoms with Crippen molar-refractivity contribution in [1.29, 1.82) is 0 Å². The number of nitrogens with zero attached hydrogens (tertiary/aromatic N) is 1. The number of carboxylic acid groups (broad SMARTS) is 1. The molecule has 0 aliphatic heterocycles. The van der Waals surface area contributed by atoms with Crippen LogP contribution >= 0.6 is 11.6 Å². The maximum Gasteiger partial charge on any atom is 0.336 e. The number of hydrogen-bond acceptors (Lipinski definition) is 2. The summed E-state index contributed by atoms with van der Waals surface area (Å²) < 4.78 is 0. The lowest BCUT2D eigenvalue weighted by Gasteiger charge is -2.10. The van der Waals surface area contributed by atoms with Gasteiger partial charge in [-0.25, -0.2) is 4.79 Å². The maximum atomic E-state index is 11.5. The molecule has 1 heterocycles. The summed E-state index contributed by atoms with van der Waals surface area (Å²) in [6.07, 6.45) is 1.75. The van der Waals surface area contributed by atoms with Gasteiger partial charge in [-0.1, -0.05) is 18.5 Å². The molecule has 0 saturated carbocycles. The summed E-state index contributed by atoms with van der Waals surface area (Å²) in [4.78, 5) is 16.1. The molecule has 0 bridgehead atoms. The summed E-state index contributed by atoms with van der Waals surface area (Å²) in [5.41, 5.74) is 2.90. The zero-order valence-corrected chi connectivity index (χ0v) is 10.7. The fraction of sp³-hybridized carbons (Fsp3) is 0.286. The highest BCUT2D eigenvalue weighted by atomic mass is 35.5. The molecular formula is C14H12ClNO2. The number of halogens is 1. The Hall–Kier alpha value is -1.61. The first-order chi connectivity index (χ1) is 8.58. The Morgan fingerprint density at radius 1 is 1.50 bits per heavy atom. The quantitative estimate of drug-likeness (QED) is 0.853. The molecule has 1 aliphatic carbocycles. The van der Waals surface area contributed by atoms with Crippen molar-refractivity contribution < 1.29 is 9.90 Å². The van der Waals surface area contributed by atoms with Gasteiger partial charge < -0.3 is 5.11 Å². The molecule has 2 aromatic rings. The normalized spacial score (nSPS) is 18.0. The van der Waals surface area contributed by atoms with E-state index in [0.29, 0.717) is 27.4 Å². The molecule has 4 heteroatoms. The van der Waals surface area contributed by atoms with Crippen molar-refractivity contribution in [1.82, 2.24) is 4.98 Å². The third-order valence-corrected chi connectivity index (χ3v) is 3.82. The highest BCUT2D eigenvalue weighted by Crippen LogP contribution is 2.37. The van der Waals surface area contributed by atoms with Gasteiger partial charge in [0, 0.05) is 16.1 Å². The van der Waals surface area contributed by atoms with Crippen molar-refractivity contribution in [3.8, 4) is 0 Å². The molecule has 0 amide bonds. The highest BCUT2D eigenvalue weighted by molar-refractivity contribution is 6.31. The number of rotatable bonds is 1. The van der Waals surface area contributed by atoms with Crippen molar-refractivity contribution >= 4 is 28.5 Å². The molecule has 1 aliphatic rings. The standard InChI is InChI=1S/C14H12ClNO2/c1-7-2-4-9-12(14(17)18)10-6-8(15)3-5-11(10)16-13(7)9/h3,5-7H,2,4H2,1H3,(H,17,18). The van der Waals surface area contributed by atoms with E-state index in [-0.39, 0.29) is 0 Å². The average Bonchev–Trinajstić information content (AvgIpc) is 2.67. The molecular weight excluding hydrogens is 250 g/mol. The molecule has 1 aromatic heterocycles. The van der Waals surface area contributed by atoms with Gasteiger partial charge in [-0.2, -0.15) is 0 Å². The molecule has 1 atom stereocenters. The summed E-state index contributed by atoms with van der Waals surface area (Å²) in [6.45, 7) is 2.09. The summed E-state index contributed by atoms with van der Waals surface area (Å²) in [5, 5.41) is 10.6. The number of benzene rings is 1. The van der Waals surface area contributed by atoms with Crippen molar-refractivity contribution in [3.63, 3.8) is 0 Å². The van der Waals surface area contributed by atoms with Gasteiger partial charge in [-0.15, -0.1) is 0 Å². The van der Waals surface area contributed by atoms with E-state index >= 15 is 0 Å². The van der Waals surface area contributed by atoms with Gasteiger partial charge in [0.2, 0.25) is 0 Å². The lowest BCUT2D eigenvalue weighted by molar-refractivity contribution is 0.0698. The molecule has 1 N–H and O–H groups in total. The smallest absolute Gasteiger partial charge is 0.336 e. The Morgan fingerprint density at radius 3 is 3.00 bits per heavy atom. The number of carboxylic acids is 1. The van der Waals surface area contributed by atoms with Crippen LogP contribution < -0.4 is 0 Å². The van der Waals surface area contributed by atoms with Crippen LogP contribution in [0, 0.1) is 0 Å². The second-order valence-electron chi connectivity index (χ2n) is 4.76. The fourth-order valence-corrected chi connectivity index (χ4v) is 2.87. The molecule has 1 aromatic carbocycles. The van der Waals surface area contributed by atoms with Gasteiger partial charge in [0.25, 0.3) is 0 Å². The Bertz CT molecular complexity index is 666. The van der Waals surface area contributed by atoms with E-state index in [9.17, 15) is 9.90 Å². The van der Waals surface area contributed by atoms with E-state index < -0.39 is 5.97 Å². The van der Waals surface area contributed by atoms with Crippen LogP contribution in [0.3, 0.4) is 0 Å². The van der Waals surface area contributed by atoms with E-state index in [1.165, 1.54) is 0 Å². The van der Waals surface area contributed by atoms with Gasteiger partial charge in [-0.3, -0.25) is 4.98 Å². The molecule has 3 rings (SSSR count). The monoisotopic (exact) mass is 261 g/mol. The number of aromatic carboxylic acids is 1. The number of pyridine rings is 1. The molecule has 3 nitrogen and oxygen atoms in total. The minimum atomic E-state index is -0.894. The number of hydrogen-bond donors (Lipinski definition) is 1. The molecule has 0 fully saturated rings. The molecule has 0 saturated heterocycles. The Kier molecular flexibility index (Phi) is 2.52. The highest BCUT2D eigenvalue weighted by Gasteiger charge is 2.27. The van der Waals surface area contributed by atoms with E-state index in [4.69, 9.17) is 11.6 Å². The zero-order chi connectivity index (χ0) is 12.9. The Labute approximate surface area is 109 Å². The molecule has 1 unspecified atom stereocenters. The van der Waals surface area contributed by atoms with Crippen molar-refractivity contribution in [2.45, 2.75) is 25.7 Å². The summed E-state index contributed by atoms with van der Waals surface area (Å²) in [5.74, 6) is -0.562. The van der Waals surface area contributed by atoms with Crippen LogP contribution in [0.4, 0.5) is 0 Å². The van der Waals surface area contributed by atoms with Crippen LogP contribution in [-0.4, -0.2) is 16.1 Å². The number of carbonyl (C=O) groups is 1. The minimum Gasteiger partial charge on any atom is -0.478 e. The van der Waals surface area contributed by atoms with Gasteiger partial charge >= 0.3 is 5.97 Å². The topological polar surface area (TPSA) is 50.2 Å². The van der Waals surface area contributed by atoms with Crippen molar-refractivity contribution in [3.05, 3.63) is 40.0 Å². The predicted octanol–water partition coefficient (Wildman–Crippen LogP) is 3.64. The number of fused-ring (bicyclic) bond motifs is 2. The van der Waals surface area contributed by atoms with Gasteiger partial charge in [0.1, 0.15) is 0 Å². The minimum absolute atomic E-state index is 0.332. The lowest BCUT2D eigenvalue weighted by Crippen LogP contribution is -2.06. The van der Waals surface area contributed by atoms with Crippen LogP contribution in [-0.2, 0) is 6.42 Å². The van der Waals surface area contributed by atoms with Crippen LogP contribution in [0.25, 0.3) is 10.9 Å². The zero-order valence-electron chi connectivity index (χ0n) is 9.90. The van der Waals surface area contributed by atoms with Crippen LogP contribution in [0.5, 0.6) is 0 Å². The fourth-order valence-electron chi connectivity index (χ4n) is 2.70. The first-order valence-electron chi connectivity index (χ1n) is 5.93. The third kappa shape index (κ3) is 1.58. The predicted molar refractivity (Wildman–Crippen MR) is 70.4 cm³/mol. The van der Waals surface area contributed by atoms with Crippen LogP contribution in [0.15, 0.2) is 18.2 Å². The molecule has 18 heavy (non-hydrogen) atoms. The summed E-state index contributed by atoms with van der Waals surface area (Å²) in [6, 6.07) is 5.22.